The van der Waals surface area contributed by atoms with Crippen molar-refractivity contribution in [1.29, 1.82) is 0 Å². The number of nitrogens with zero attached hydrogens (tertiary/aromatic N) is 1. The monoisotopic (exact) mass is 431 g/mol. The summed E-state index contributed by atoms with van der Waals surface area (Å²) < 4.78 is 5.58. The van der Waals surface area contributed by atoms with Crippen molar-refractivity contribution in [2.75, 3.05) is 31.1 Å². The van der Waals surface area contributed by atoms with Gasteiger partial charge in [0.25, 0.3) is 5.91 Å². The van der Waals surface area contributed by atoms with E-state index in [9.17, 15) is 14.7 Å². The minimum Gasteiger partial charge on any atom is -0.492 e. The first kappa shape index (κ1) is 21.9. The lowest BCUT2D eigenvalue weighted by Gasteiger charge is -2.31. The molecule has 1 aliphatic heterocycles. The number of anilines is 1. The van der Waals surface area contributed by atoms with Crippen LogP contribution in [0.1, 0.15) is 23.2 Å². The van der Waals surface area contributed by atoms with Gasteiger partial charge in [-0.15, -0.1) is 0 Å². The Hall–Kier alpha value is -2.75. The van der Waals surface area contributed by atoms with Gasteiger partial charge in [0, 0.05) is 29.2 Å². The van der Waals surface area contributed by atoms with E-state index in [4.69, 9.17) is 9.94 Å². The third kappa shape index (κ3) is 6.38. The van der Waals surface area contributed by atoms with Crippen molar-refractivity contribution >= 4 is 28.6 Å². The maximum atomic E-state index is 12.3. The highest BCUT2D eigenvalue weighted by atomic mass is 32.2. The molecule has 0 atom stereocenters. The number of carbonyl (C=O) groups excluding carboxylic acids is 2. The van der Waals surface area contributed by atoms with Crippen LogP contribution in [0, 0.1) is 0 Å². The van der Waals surface area contributed by atoms with Gasteiger partial charge in [0.2, 0.25) is 0 Å². The molecule has 1 heterocycles. The first-order chi connectivity index (χ1) is 14.5. The Morgan fingerprint density at radius 3 is 2.37 bits per heavy atom. The summed E-state index contributed by atoms with van der Waals surface area (Å²) in [6, 6.07) is 14.3. The van der Waals surface area contributed by atoms with Crippen LogP contribution in [0.3, 0.4) is 0 Å². The molecule has 4 N–H and O–H groups in total. The van der Waals surface area contributed by atoms with E-state index in [1.165, 1.54) is 0 Å². The van der Waals surface area contributed by atoms with Crippen molar-refractivity contribution in [2.45, 2.75) is 23.8 Å². The molecule has 0 unspecified atom stereocenters. The fourth-order valence-electron chi connectivity index (χ4n) is 3.12. The molecule has 1 fully saturated rings. The molecule has 2 amide bonds. The highest BCUT2D eigenvalue weighted by Gasteiger charge is 2.17. The molecular weight excluding hydrogens is 406 g/mol. The number of aliphatic hydroxyl groups is 1. The number of piperidine rings is 1. The van der Waals surface area contributed by atoms with E-state index in [1.807, 2.05) is 12.1 Å². The summed E-state index contributed by atoms with van der Waals surface area (Å²) in [4.78, 5) is 26.3. The molecule has 0 spiro atoms. The molecule has 9 heteroatoms. The first-order valence-electron chi connectivity index (χ1n) is 9.71. The number of hydrogen-bond donors (Lipinski definition) is 4. The number of ether oxygens (including phenoxy) is 1. The van der Waals surface area contributed by atoms with Crippen molar-refractivity contribution in [2.24, 2.45) is 0 Å². The molecule has 8 nitrogen and oxygen atoms in total. The molecule has 30 heavy (non-hydrogen) atoms. The predicted octanol–water partition coefficient (Wildman–Crippen LogP) is 2.65. The Labute approximate surface area is 179 Å². The molecule has 2 aromatic rings. The topological polar surface area (TPSA) is 111 Å². The van der Waals surface area contributed by atoms with E-state index in [0.717, 1.165) is 43.4 Å². The molecule has 0 bridgehead atoms. The quantitative estimate of drug-likeness (QED) is 0.231. The summed E-state index contributed by atoms with van der Waals surface area (Å²) in [5, 5.41) is 20.4. The van der Waals surface area contributed by atoms with Crippen LogP contribution in [0.25, 0.3) is 0 Å². The van der Waals surface area contributed by atoms with Crippen LogP contribution in [0.4, 0.5) is 10.5 Å². The SMILES string of the molecule is O=C(NO)Sc1ccc(OCCNC(=O)c2ccc(N3CCC(O)CC3)cc2)cc1. The molecule has 3 rings (SSSR count). The number of hydrogen-bond acceptors (Lipinski definition) is 7. The number of thioether (sulfide) groups is 1. The Bertz CT molecular complexity index is 837. The Balaban J connectivity index is 1.39. The van der Waals surface area contributed by atoms with Gasteiger partial charge in [-0.2, -0.15) is 0 Å². The van der Waals surface area contributed by atoms with E-state index in [0.29, 0.717) is 29.4 Å². The van der Waals surface area contributed by atoms with E-state index >= 15 is 0 Å². The molecule has 0 aliphatic carbocycles. The number of amides is 2. The number of hydroxylamine groups is 1. The van der Waals surface area contributed by atoms with Gasteiger partial charge in [-0.05, 0) is 73.1 Å². The van der Waals surface area contributed by atoms with Crippen molar-refractivity contribution < 1.29 is 24.6 Å². The van der Waals surface area contributed by atoms with Crippen molar-refractivity contribution in [3.63, 3.8) is 0 Å². The zero-order valence-electron chi connectivity index (χ0n) is 16.4. The van der Waals surface area contributed by atoms with Crippen LogP contribution < -0.4 is 20.4 Å². The lowest BCUT2D eigenvalue weighted by Crippen LogP contribution is -2.35. The molecule has 0 saturated carbocycles. The smallest absolute Gasteiger partial charge is 0.307 e. The second-order valence-electron chi connectivity index (χ2n) is 6.84. The summed E-state index contributed by atoms with van der Waals surface area (Å²) >= 11 is 0.865. The fourth-order valence-corrected chi connectivity index (χ4v) is 3.65. The second-order valence-corrected chi connectivity index (χ2v) is 7.89. The summed E-state index contributed by atoms with van der Waals surface area (Å²) in [5.74, 6) is 0.454. The van der Waals surface area contributed by atoms with Crippen LogP contribution in [0.5, 0.6) is 5.75 Å². The lowest BCUT2D eigenvalue weighted by molar-refractivity contribution is 0.0947. The van der Waals surface area contributed by atoms with Gasteiger partial charge in [-0.25, -0.2) is 5.48 Å². The van der Waals surface area contributed by atoms with Crippen LogP contribution in [0.2, 0.25) is 0 Å². The zero-order valence-corrected chi connectivity index (χ0v) is 17.2. The van der Waals surface area contributed by atoms with Gasteiger partial charge in [-0.1, -0.05) is 0 Å². The van der Waals surface area contributed by atoms with Crippen molar-refractivity contribution in [3.8, 4) is 5.75 Å². The summed E-state index contributed by atoms with van der Waals surface area (Å²) in [7, 11) is 0. The average molecular weight is 432 g/mol. The third-order valence-electron chi connectivity index (χ3n) is 4.74. The minimum absolute atomic E-state index is 0.166. The maximum absolute atomic E-state index is 12.3. The van der Waals surface area contributed by atoms with Gasteiger partial charge in [-0.3, -0.25) is 14.8 Å². The average Bonchev–Trinajstić information content (AvgIpc) is 2.78. The first-order valence-corrected chi connectivity index (χ1v) is 10.5. The predicted molar refractivity (Wildman–Crippen MR) is 114 cm³/mol. The highest BCUT2D eigenvalue weighted by Crippen LogP contribution is 2.22. The van der Waals surface area contributed by atoms with Gasteiger partial charge >= 0.3 is 5.24 Å². The molecule has 160 valence electrons. The van der Waals surface area contributed by atoms with Gasteiger partial charge in [0.15, 0.2) is 0 Å². The molecule has 1 saturated heterocycles. The summed E-state index contributed by atoms with van der Waals surface area (Å²) in [6.07, 6.45) is 1.32. The standard InChI is InChI=1S/C21H25N3O5S/c25-17-9-12-24(13-10-17)16-3-1-15(2-4-16)20(26)22-11-14-29-18-5-7-19(8-6-18)30-21(27)23-28/h1-8,17,25,28H,9-14H2,(H,22,26)(H,23,27). The Kier molecular flexibility index (Phi) is 7.95. The van der Waals surface area contributed by atoms with E-state index in [2.05, 4.69) is 10.2 Å². The zero-order chi connectivity index (χ0) is 21.3. The van der Waals surface area contributed by atoms with Crippen LogP contribution in [-0.4, -0.2) is 53.8 Å². The number of carbonyl (C=O) groups is 2. The van der Waals surface area contributed by atoms with Gasteiger partial charge in [0.1, 0.15) is 12.4 Å². The van der Waals surface area contributed by atoms with E-state index in [-0.39, 0.29) is 12.0 Å². The van der Waals surface area contributed by atoms with Crippen molar-refractivity contribution in [1.82, 2.24) is 10.8 Å². The largest absolute Gasteiger partial charge is 0.492 e. The number of benzene rings is 2. The Morgan fingerprint density at radius 2 is 1.73 bits per heavy atom. The van der Waals surface area contributed by atoms with Crippen LogP contribution in [0.15, 0.2) is 53.4 Å². The molecule has 0 radical (unpaired) electrons. The third-order valence-corrected chi connectivity index (χ3v) is 5.53. The second kappa shape index (κ2) is 10.9. The molecule has 2 aromatic carbocycles. The van der Waals surface area contributed by atoms with E-state index in [1.54, 1.807) is 41.9 Å². The number of rotatable bonds is 7. The van der Waals surface area contributed by atoms with Gasteiger partial charge in [0.05, 0.1) is 12.6 Å². The van der Waals surface area contributed by atoms with Crippen LogP contribution >= 0.6 is 11.8 Å². The van der Waals surface area contributed by atoms with Crippen LogP contribution in [-0.2, 0) is 0 Å². The molecule has 1 aliphatic rings. The lowest BCUT2D eigenvalue weighted by atomic mass is 10.1. The Morgan fingerprint density at radius 1 is 1.07 bits per heavy atom. The van der Waals surface area contributed by atoms with E-state index < -0.39 is 5.24 Å². The normalized spacial score (nSPS) is 14.3. The summed E-state index contributed by atoms with van der Waals surface area (Å²) in [5.41, 5.74) is 3.19. The fraction of sp³-hybridized carbons (Fsp3) is 0.333. The maximum Gasteiger partial charge on any atom is 0.307 e. The minimum atomic E-state index is -0.561. The number of aliphatic hydroxyl groups excluding tert-OH is 1. The van der Waals surface area contributed by atoms with Gasteiger partial charge < -0.3 is 20.1 Å². The number of nitrogens with one attached hydrogen (secondary N) is 2. The highest BCUT2D eigenvalue weighted by molar-refractivity contribution is 8.13. The molecule has 0 aromatic heterocycles. The van der Waals surface area contributed by atoms with Crippen molar-refractivity contribution in [3.05, 3.63) is 54.1 Å². The molecular formula is C21H25N3O5S. The summed E-state index contributed by atoms with van der Waals surface area (Å²) in [6.45, 7) is 2.30.